The van der Waals surface area contributed by atoms with Crippen molar-refractivity contribution in [3.8, 4) is 0 Å². The lowest BCUT2D eigenvalue weighted by molar-refractivity contribution is -0.140. The van der Waals surface area contributed by atoms with E-state index in [1.54, 1.807) is 0 Å². The van der Waals surface area contributed by atoms with E-state index < -0.39 is 12.4 Å². The standard InChI is InChI=1S/C16H22O4/c1-2-3-9-15(10-14(17)11-16(18)19)20-12-13-7-5-4-6-8-13/h4-8,15H,2-3,9-12H2,1H3,(H,18,19)/t15-/m0/s1. The van der Waals surface area contributed by atoms with Crippen LogP contribution in [-0.4, -0.2) is 23.0 Å². The smallest absolute Gasteiger partial charge is 0.310 e. The topological polar surface area (TPSA) is 63.6 Å². The third-order valence-electron chi connectivity index (χ3n) is 3.01. The zero-order valence-electron chi connectivity index (χ0n) is 11.9. The number of aliphatic carboxylic acids is 1. The predicted octanol–water partition coefficient (Wildman–Crippen LogP) is 3.20. The molecule has 0 heterocycles. The van der Waals surface area contributed by atoms with Gasteiger partial charge in [-0.25, -0.2) is 0 Å². The Hall–Kier alpha value is -1.68. The predicted molar refractivity (Wildman–Crippen MR) is 76.4 cm³/mol. The van der Waals surface area contributed by atoms with E-state index in [0.29, 0.717) is 6.61 Å². The second-order valence-corrected chi connectivity index (χ2v) is 4.87. The summed E-state index contributed by atoms with van der Waals surface area (Å²) in [5.41, 5.74) is 1.06. The molecule has 0 radical (unpaired) electrons. The minimum absolute atomic E-state index is 0.180. The van der Waals surface area contributed by atoms with Gasteiger partial charge in [0.2, 0.25) is 0 Å². The summed E-state index contributed by atoms with van der Waals surface area (Å²) in [6.45, 7) is 2.53. The van der Waals surface area contributed by atoms with Crippen molar-refractivity contribution in [3.63, 3.8) is 0 Å². The molecule has 4 heteroatoms. The van der Waals surface area contributed by atoms with Crippen molar-refractivity contribution in [1.29, 1.82) is 0 Å². The number of hydrogen-bond acceptors (Lipinski definition) is 3. The van der Waals surface area contributed by atoms with Crippen molar-refractivity contribution in [2.24, 2.45) is 0 Å². The lowest BCUT2D eigenvalue weighted by atomic mass is 10.0. The van der Waals surface area contributed by atoms with Crippen LogP contribution in [0.1, 0.15) is 44.6 Å². The van der Waals surface area contributed by atoms with Crippen molar-refractivity contribution < 1.29 is 19.4 Å². The highest BCUT2D eigenvalue weighted by Crippen LogP contribution is 2.13. The summed E-state index contributed by atoms with van der Waals surface area (Å²) in [5, 5.41) is 8.62. The lowest BCUT2D eigenvalue weighted by Crippen LogP contribution is -2.19. The molecule has 0 aliphatic rings. The van der Waals surface area contributed by atoms with Gasteiger partial charge in [0.25, 0.3) is 0 Å². The summed E-state index contributed by atoms with van der Waals surface area (Å²) in [4.78, 5) is 22.1. The quantitative estimate of drug-likeness (QED) is 0.667. The molecule has 0 saturated heterocycles. The van der Waals surface area contributed by atoms with Gasteiger partial charge in [0, 0.05) is 6.42 Å². The summed E-state index contributed by atoms with van der Waals surface area (Å²) in [6.07, 6.45) is 2.35. The van der Waals surface area contributed by atoms with Gasteiger partial charge in [-0.2, -0.15) is 0 Å². The van der Waals surface area contributed by atoms with Crippen LogP contribution >= 0.6 is 0 Å². The first-order valence-corrected chi connectivity index (χ1v) is 7.00. The number of carbonyl (C=O) groups is 2. The van der Waals surface area contributed by atoms with E-state index in [-0.39, 0.29) is 18.3 Å². The number of ketones is 1. The first-order chi connectivity index (χ1) is 9.61. The Balaban J connectivity index is 2.46. The van der Waals surface area contributed by atoms with Gasteiger partial charge in [-0.05, 0) is 12.0 Å². The summed E-state index contributed by atoms with van der Waals surface area (Å²) >= 11 is 0. The van der Waals surface area contributed by atoms with Crippen LogP contribution < -0.4 is 0 Å². The maximum absolute atomic E-state index is 11.6. The fourth-order valence-electron chi connectivity index (χ4n) is 1.96. The van der Waals surface area contributed by atoms with Gasteiger partial charge in [0.15, 0.2) is 0 Å². The molecule has 20 heavy (non-hydrogen) atoms. The second-order valence-electron chi connectivity index (χ2n) is 4.87. The van der Waals surface area contributed by atoms with Crippen LogP contribution in [0.2, 0.25) is 0 Å². The van der Waals surface area contributed by atoms with Gasteiger partial charge in [0.05, 0.1) is 12.7 Å². The SMILES string of the molecule is CCCC[C@@H](CC(=O)CC(=O)O)OCc1ccccc1. The number of benzene rings is 1. The molecule has 1 rings (SSSR count). The van der Waals surface area contributed by atoms with Gasteiger partial charge in [0.1, 0.15) is 12.2 Å². The molecular formula is C16H22O4. The van der Waals surface area contributed by atoms with Crippen molar-refractivity contribution in [1.82, 2.24) is 0 Å². The number of Topliss-reactive ketones (excluding diaryl/α,β-unsaturated/α-hetero) is 1. The fourth-order valence-corrected chi connectivity index (χ4v) is 1.96. The first-order valence-electron chi connectivity index (χ1n) is 7.00. The monoisotopic (exact) mass is 278 g/mol. The van der Waals surface area contributed by atoms with Crippen LogP contribution in [0.3, 0.4) is 0 Å². The van der Waals surface area contributed by atoms with Gasteiger partial charge in [-0.1, -0.05) is 50.1 Å². The molecule has 0 aromatic heterocycles. The number of unbranched alkanes of at least 4 members (excludes halogenated alkanes) is 1. The fraction of sp³-hybridized carbons (Fsp3) is 0.500. The van der Waals surface area contributed by atoms with E-state index in [4.69, 9.17) is 9.84 Å². The molecule has 110 valence electrons. The minimum Gasteiger partial charge on any atom is -0.481 e. The molecule has 1 aromatic carbocycles. The molecule has 0 aliphatic carbocycles. The molecule has 0 amide bonds. The number of hydrogen-bond donors (Lipinski definition) is 1. The Morgan fingerprint density at radius 3 is 2.55 bits per heavy atom. The Morgan fingerprint density at radius 2 is 1.95 bits per heavy atom. The summed E-state index contributed by atoms with van der Waals surface area (Å²) < 4.78 is 5.77. The molecule has 1 N–H and O–H groups in total. The molecule has 0 fully saturated rings. The average Bonchev–Trinajstić information content (AvgIpc) is 2.42. The Kier molecular flexibility index (Phi) is 7.58. The molecule has 0 aliphatic heterocycles. The van der Waals surface area contributed by atoms with Gasteiger partial charge < -0.3 is 9.84 Å². The maximum atomic E-state index is 11.6. The summed E-state index contributed by atoms with van der Waals surface area (Å²) in [5.74, 6) is -1.35. The highest BCUT2D eigenvalue weighted by Gasteiger charge is 2.16. The van der Waals surface area contributed by atoms with Gasteiger partial charge in [-0.15, -0.1) is 0 Å². The molecule has 0 spiro atoms. The summed E-state index contributed by atoms with van der Waals surface area (Å²) in [6, 6.07) is 9.75. The number of ether oxygens (including phenoxy) is 1. The largest absolute Gasteiger partial charge is 0.481 e. The Labute approximate surface area is 119 Å². The van der Waals surface area contributed by atoms with Gasteiger partial charge in [-0.3, -0.25) is 9.59 Å². The number of rotatable bonds is 10. The zero-order chi connectivity index (χ0) is 14.8. The van der Waals surface area contributed by atoms with Crippen LogP contribution in [-0.2, 0) is 20.9 Å². The highest BCUT2D eigenvalue weighted by molar-refractivity contribution is 5.94. The third-order valence-corrected chi connectivity index (χ3v) is 3.01. The maximum Gasteiger partial charge on any atom is 0.310 e. The van der Waals surface area contributed by atoms with Gasteiger partial charge >= 0.3 is 5.97 Å². The second kappa shape index (κ2) is 9.26. The third kappa shape index (κ3) is 7.04. The molecular weight excluding hydrogens is 256 g/mol. The van der Waals surface area contributed by atoms with Crippen LogP contribution in [0.4, 0.5) is 0 Å². The van der Waals surface area contributed by atoms with Crippen molar-refractivity contribution in [3.05, 3.63) is 35.9 Å². The molecule has 1 atom stereocenters. The normalized spacial score (nSPS) is 12.1. The molecule has 0 unspecified atom stereocenters. The van der Waals surface area contributed by atoms with E-state index in [1.165, 1.54) is 0 Å². The Bertz CT molecular complexity index is 414. The van der Waals surface area contributed by atoms with Crippen LogP contribution in [0.15, 0.2) is 30.3 Å². The molecule has 0 saturated carbocycles. The summed E-state index contributed by atoms with van der Waals surface area (Å²) in [7, 11) is 0. The van der Waals surface area contributed by atoms with E-state index in [9.17, 15) is 9.59 Å². The minimum atomic E-state index is -1.08. The molecule has 0 bridgehead atoms. The number of carbonyl (C=O) groups excluding carboxylic acids is 1. The first kappa shape index (κ1) is 16.4. The van der Waals surface area contributed by atoms with Crippen LogP contribution in [0, 0.1) is 0 Å². The van der Waals surface area contributed by atoms with Crippen LogP contribution in [0.5, 0.6) is 0 Å². The van der Waals surface area contributed by atoms with Crippen LogP contribution in [0.25, 0.3) is 0 Å². The number of carboxylic acid groups (broad SMARTS) is 1. The van der Waals surface area contributed by atoms with E-state index in [2.05, 4.69) is 6.92 Å². The van der Waals surface area contributed by atoms with E-state index >= 15 is 0 Å². The Morgan fingerprint density at radius 1 is 1.25 bits per heavy atom. The lowest BCUT2D eigenvalue weighted by Gasteiger charge is -2.17. The molecule has 4 nitrogen and oxygen atoms in total. The van der Waals surface area contributed by atoms with E-state index in [1.807, 2.05) is 30.3 Å². The highest BCUT2D eigenvalue weighted by atomic mass is 16.5. The molecule has 1 aromatic rings. The van der Waals surface area contributed by atoms with Crippen molar-refractivity contribution in [2.75, 3.05) is 0 Å². The van der Waals surface area contributed by atoms with Crippen molar-refractivity contribution >= 4 is 11.8 Å². The van der Waals surface area contributed by atoms with Crippen molar-refractivity contribution in [2.45, 2.75) is 51.7 Å². The number of carboxylic acids is 1. The van der Waals surface area contributed by atoms with E-state index in [0.717, 1.165) is 24.8 Å². The average molecular weight is 278 g/mol. The zero-order valence-corrected chi connectivity index (χ0v) is 11.9.